The Hall–Kier alpha value is -1.33. The highest BCUT2D eigenvalue weighted by Crippen LogP contribution is 1.90. The maximum atomic E-state index is 10.3. The Labute approximate surface area is 51.8 Å². The zero-order valence-electron chi connectivity index (χ0n) is 4.90. The lowest BCUT2D eigenvalue weighted by Gasteiger charge is -2.07. The van der Waals surface area contributed by atoms with E-state index in [0.29, 0.717) is 6.67 Å². The van der Waals surface area contributed by atoms with E-state index in [0.717, 1.165) is 0 Å². The molecule has 1 rings (SSSR count). The molecule has 1 aliphatic rings. The van der Waals surface area contributed by atoms with E-state index in [2.05, 4.69) is 21.3 Å². The fourth-order valence-corrected chi connectivity index (χ4v) is 0.433. The minimum absolute atomic E-state index is 0.175. The predicted octanol–water partition coefficient (Wildman–Crippen LogP) is -0.803. The minimum atomic E-state index is -0.175. The first-order valence-corrected chi connectivity index (χ1v) is 2.41. The third-order valence-electron chi connectivity index (χ3n) is 0.695. The quantitative estimate of drug-likeness (QED) is 0.502. The van der Waals surface area contributed by atoms with Crippen LogP contribution in [-0.2, 0) is 4.79 Å². The molecule has 0 aromatic rings. The largest absolute Gasteiger partial charge is 0.274 e. The van der Waals surface area contributed by atoms with Gasteiger partial charge in [-0.1, -0.05) is 0 Å². The van der Waals surface area contributed by atoms with Crippen LogP contribution in [0, 0.1) is 0 Å². The van der Waals surface area contributed by atoms with Crippen molar-refractivity contribution < 1.29 is 4.79 Å². The highest BCUT2D eigenvalue weighted by Gasteiger charge is 2.07. The van der Waals surface area contributed by atoms with E-state index in [1.54, 1.807) is 0 Å². The number of amides is 1. The first kappa shape index (κ1) is 5.80. The van der Waals surface area contributed by atoms with Crippen molar-refractivity contribution in [1.29, 1.82) is 0 Å². The van der Waals surface area contributed by atoms with Gasteiger partial charge in [0.1, 0.15) is 0 Å². The van der Waals surface area contributed by atoms with E-state index >= 15 is 0 Å². The zero-order valence-corrected chi connectivity index (χ0v) is 4.90. The number of carbonyl (C=O) groups excluding carboxylic acids is 1. The fourth-order valence-electron chi connectivity index (χ4n) is 0.433. The van der Waals surface area contributed by atoms with Crippen molar-refractivity contribution in [3.05, 3.63) is 0 Å². The maximum absolute atomic E-state index is 10.3. The summed E-state index contributed by atoms with van der Waals surface area (Å²) in [5.74, 6) is -0.175. The third-order valence-corrected chi connectivity index (χ3v) is 0.695. The van der Waals surface area contributed by atoms with Gasteiger partial charge in [-0.15, -0.1) is 5.43 Å². The fraction of sp³-hybridized carbons (Fsp3) is 0.667. The van der Waals surface area contributed by atoms with Crippen LogP contribution in [0.25, 0.3) is 0 Å². The Bertz CT molecular complexity index is 143. The van der Waals surface area contributed by atoms with Gasteiger partial charge in [-0.25, -0.2) is 5.43 Å². The first-order chi connectivity index (χ1) is 4.29. The van der Waals surface area contributed by atoms with Crippen LogP contribution in [-0.4, -0.2) is 17.7 Å². The van der Waals surface area contributed by atoms with Crippen molar-refractivity contribution in [3.63, 3.8) is 0 Å². The lowest BCUT2D eigenvalue weighted by Crippen LogP contribution is -2.36. The summed E-state index contributed by atoms with van der Waals surface area (Å²) in [5, 5.41) is 7.97. The molecule has 0 saturated heterocycles. The Balaban J connectivity index is 2.28. The van der Waals surface area contributed by atoms with Gasteiger partial charge in [-0.3, -0.25) is 4.79 Å². The number of nitrogens with zero attached hydrogens (tertiary/aromatic N) is 4. The predicted molar refractivity (Wildman–Crippen MR) is 27.5 cm³/mol. The second-order valence-electron chi connectivity index (χ2n) is 1.53. The van der Waals surface area contributed by atoms with Gasteiger partial charge in [0, 0.05) is 6.92 Å². The molecule has 0 aromatic heterocycles. The van der Waals surface area contributed by atoms with E-state index in [1.807, 2.05) is 0 Å². The zero-order chi connectivity index (χ0) is 6.69. The second kappa shape index (κ2) is 2.29. The average Bonchev–Trinajstić information content (AvgIpc) is 2.15. The molecule has 0 unspecified atom stereocenters. The van der Waals surface area contributed by atoms with Gasteiger partial charge < -0.3 is 0 Å². The molecule has 0 saturated carbocycles. The van der Waals surface area contributed by atoms with Crippen LogP contribution < -0.4 is 10.9 Å². The van der Waals surface area contributed by atoms with Gasteiger partial charge in [0.05, 0.1) is 0 Å². The number of hydrogen-bond acceptors (Lipinski definition) is 4. The summed E-state index contributed by atoms with van der Waals surface area (Å²) in [7, 11) is 0. The van der Waals surface area contributed by atoms with Gasteiger partial charge in [0.2, 0.25) is 5.91 Å². The summed E-state index contributed by atoms with van der Waals surface area (Å²) in [6, 6.07) is 0. The maximum Gasteiger partial charge on any atom is 0.236 e. The van der Waals surface area contributed by atoms with Crippen LogP contribution in [0.5, 0.6) is 0 Å². The van der Waals surface area contributed by atoms with Crippen molar-refractivity contribution in [2.45, 2.75) is 6.92 Å². The van der Waals surface area contributed by atoms with Gasteiger partial charge in [-0.05, 0) is 10.4 Å². The molecule has 6 nitrogen and oxygen atoms in total. The normalized spacial score (nSPS) is 15.4. The third kappa shape index (κ3) is 1.56. The highest BCUT2D eigenvalue weighted by atomic mass is 16.2. The van der Waals surface area contributed by atoms with Crippen LogP contribution in [0.4, 0.5) is 0 Å². The molecule has 0 aromatic carbocycles. The molecule has 0 spiro atoms. The topological polar surface area (TPSA) is 71.2 Å². The number of rotatable bonds is 1. The molecule has 49 valence electrons. The standard InChI is InChI=1S/C3H6N5O/c1-3(9)5-8-2-4-6-7-8/h2H2,1H3,(H,5,9). The summed E-state index contributed by atoms with van der Waals surface area (Å²) in [5.41, 5.74) is 5.87. The summed E-state index contributed by atoms with van der Waals surface area (Å²) in [6.07, 6.45) is 0. The number of hydrogen-bond donors (Lipinski definition) is 1. The SMILES string of the molecule is CC(=O)NN1C[N]N=N1. The lowest BCUT2D eigenvalue weighted by atomic mass is 10.8. The Morgan fingerprint density at radius 2 is 2.56 bits per heavy atom. The molecule has 1 N–H and O–H groups in total. The van der Waals surface area contributed by atoms with Crippen molar-refractivity contribution >= 4 is 5.91 Å². The van der Waals surface area contributed by atoms with Crippen molar-refractivity contribution in [1.82, 2.24) is 16.0 Å². The molecule has 0 bridgehead atoms. The van der Waals surface area contributed by atoms with Crippen molar-refractivity contribution in [2.75, 3.05) is 6.67 Å². The average molecular weight is 128 g/mol. The molecule has 1 aliphatic heterocycles. The molecule has 1 radical (unpaired) electrons. The number of carbonyl (C=O) groups is 1. The summed E-state index contributed by atoms with van der Waals surface area (Å²) in [4.78, 5) is 10.3. The molecular weight excluding hydrogens is 122 g/mol. The number of nitrogens with one attached hydrogen (secondary N) is 1. The van der Waals surface area contributed by atoms with E-state index in [-0.39, 0.29) is 5.91 Å². The van der Waals surface area contributed by atoms with Crippen LogP contribution >= 0.6 is 0 Å². The first-order valence-electron chi connectivity index (χ1n) is 2.41. The molecule has 0 aliphatic carbocycles. The Morgan fingerprint density at radius 1 is 1.78 bits per heavy atom. The molecule has 9 heavy (non-hydrogen) atoms. The molecule has 0 fully saturated rings. The smallest absolute Gasteiger partial charge is 0.236 e. The molecular formula is C3H6N5O. The van der Waals surface area contributed by atoms with E-state index in [1.165, 1.54) is 12.0 Å². The van der Waals surface area contributed by atoms with Gasteiger partial charge >= 0.3 is 0 Å². The second-order valence-corrected chi connectivity index (χ2v) is 1.53. The Morgan fingerprint density at radius 3 is 3.00 bits per heavy atom. The lowest BCUT2D eigenvalue weighted by molar-refractivity contribution is -0.123. The highest BCUT2D eigenvalue weighted by molar-refractivity contribution is 5.72. The van der Waals surface area contributed by atoms with Crippen molar-refractivity contribution in [2.24, 2.45) is 10.4 Å². The van der Waals surface area contributed by atoms with Gasteiger partial charge in [0.15, 0.2) is 6.67 Å². The Kier molecular flexibility index (Phi) is 1.48. The molecule has 1 heterocycles. The van der Waals surface area contributed by atoms with Gasteiger partial charge in [-0.2, -0.15) is 5.12 Å². The van der Waals surface area contributed by atoms with E-state index in [9.17, 15) is 4.79 Å². The van der Waals surface area contributed by atoms with Gasteiger partial charge in [0.25, 0.3) is 0 Å². The number of hydrazine groups is 1. The van der Waals surface area contributed by atoms with Crippen molar-refractivity contribution in [3.8, 4) is 0 Å². The minimum Gasteiger partial charge on any atom is -0.274 e. The van der Waals surface area contributed by atoms with Crippen LogP contribution in [0.3, 0.4) is 0 Å². The summed E-state index contributed by atoms with van der Waals surface area (Å²) < 4.78 is 0. The van der Waals surface area contributed by atoms with Crippen LogP contribution in [0.15, 0.2) is 10.4 Å². The van der Waals surface area contributed by atoms with Crippen LogP contribution in [0.2, 0.25) is 0 Å². The van der Waals surface area contributed by atoms with E-state index in [4.69, 9.17) is 0 Å². The molecule has 1 amide bonds. The molecule has 6 heteroatoms. The monoisotopic (exact) mass is 128 g/mol. The summed E-state index contributed by atoms with van der Waals surface area (Å²) in [6.45, 7) is 1.70. The summed E-state index contributed by atoms with van der Waals surface area (Å²) >= 11 is 0. The molecule has 0 atom stereocenters. The van der Waals surface area contributed by atoms with E-state index < -0.39 is 0 Å². The van der Waals surface area contributed by atoms with Crippen LogP contribution in [0.1, 0.15) is 6.92 Å².